The Hall–Kier alpha value is -0.380. The smallest absolute Gasteiger partial charge is 0.105 e. The Bertz CT molecular complexity index is 282. The van der Waals surface area contributed by atoms with Gasteiger partial charge in [-0.2, -0.15) is 0 Å². The fourth-order valence-electron chi connectivity index (χ4n) is 1.69. The van der Waals surface area contributed by atoms with Crippen molar-refractivity contribution >= 4 is 11.3 Å². The van der Waals surface area contributed by atoms with E-state index in [-0.39, 0.29) is 0 Å². The minimum atomic E-state index is 0.304. The Morgan fingerprint density at radius 2 is 2.46 bits per heavy atom. The molecule has 1 atom stereocenters. The highest BCUT2D eigenvalue weighted by Gasteiger charge is 2.22. The summed E-state index contributed by atoms with van der Waals surface area (Å²) in [6.45, 7) is 1.87. The van der Waals surface area contributed by atoms with Gasteiger partial charge < -0.3 is 9.64 Å². The van der Waals surface area contributed by atoms with E-state index in [0.717, 1.165) is 19.6 Å². The zero-order valence-corrected chi connectivity index (χ0v) is 8.93. The zero-order valence-electron chi connectivity index (χ0n) is 8.12. The normalized spacial score (nSPS) is 21.9. The van der Waals surface area contributed by atoms with Gasteiger partial charge in [0.25, 0.3) is 0 Å². The van der Waals surface area contributed by atoms with E-state index in [1.54, 1.807) is 0 Å². The van der Waals surface area contributed by atoms with Crippen LogP contribution in [0.5, 0.6) is 0 Å². The van der Waals surface area contributed by atoms with Crippen molar-refractivity contribution in [2.24, 2.45) is 0 Å². The van der Waals surface area contributed by atoms with Gasteiger partial charge in [0.05, 0.1) is 6.61 Å². The van der Waals surface area contributed by atoms with Crippen LogP contribution in [0.2, 0.25) is 0 Å². The maximum absolute atomic E-state index is 5.74. The summed E-state index contributed by atoms with van der Waals surface area (Å²) in [4.78, 5) is 3.61. The summed E-state index contributed by atoms with van der Waals surface area (Å²) in [5.41, 5.74) is 1.49. The van der Waals surface area contributed by atoms with Gasteiger partial charge >= 0.3 is 0 Å². The number of hydrogen-bond donors (Lipinski definition) is 0. The average molecular weight is 197 g/mol. The molecule has 0 bridgehead atoms. The lowest BCUT2D eigenvalue weighted by atomic mass is 10.1. The highest BCUT2D eigenvalue weighted by atomic mass is 32.1. The molecule has 72 valence electrons. The largest absolute Gasteiger partial charge is 0.371 e. The van der Waals surface area contributed by atoms with Crippen LogP contribution in [0.1, 0.15) is 16.5 Å². The van der Waals surface area contributed by atoms with Gasteiger partial charge in [-0.05, 0) is 37.5 Å². The second kappa shape index (κ2) is 3.78. The van der Waals surface area contributed by atoms with Crippen LogP contribution in [0.25, 0.3) is 0 Å². The van der Waals surface area contributed by atoms with Crippen molar-refractivity contribution in [1.29, 1.82) is 0 Å². The molecule has 0 fully saturated rings. The topological polar surface area (TPSA) is 12.5 Å². The molecule has 0 saturated carbocycles. The third-order valence-corrected chi connectivity index (χ3v) is 3.35. The molecule has 1 aliphatic rings. The van der Waals surface area contributed by atoms with Crippen molar-refractivity contribution in [3.8, 4) is 0 Å². The SMILES string of the molecule is CN(C)C[C@@H]1OCCc2ccsc21. The van der Waals surface area contributed by atoms with E-state index in [2.05, 4.69) is 30.4 Å². The van der Waals surface area contributed by atoms with Gasteiger partial charge in [0.2, 0.25) is 0 Å². The Morgan fingerprint density at radius 3 is 3.23 bits per heavy atom. The molecule has 1 aromatic heterocycles. The minimum absolute atomic E-state index is 0.304. The number of ether oxygens (including phenoxy) is 1. The molecule has 2 nitrogen and oxygen atoms in total. The molecule has 2 rings (SSSR count). The molecular formula is C10H15NOS. The Morgan fingerprint density at radius 1 is 1.62 bits per heavy atom. The lowest BCUT2D eigenvalue weighted by Gasteiger charge is -2.25. The number of fused-ring (bicyclic) bond motifs is 1. The van der Waals surface area contributed by atoms with Crippen molar-refractivity contribution in [2.75, 3.05) is 27.2 Å². The van der Waals surface area contributed by atoms with Gasteiger partial charge in [-0.25, -0.2) is 0 Å². The van der Waals surface area contributed by atoms with Crippen molar-refractivity contribution < 1.29 is 4.74 Å². The number of likely N-dealkylation sites (N-methyl/N-ethyl adjacent to an activating group) is 1. The first kappa shape index (κ1) is 9.19. The fourth-order valence-corrected chi connectivity index (χ4v) is 2.69. The highest BCUT2D eigenvalue weighted by molar-refractivity contribution is 7.10. The molecule has 0 aromatic carbocycles. The summed E-state index contributed by atoms with van der Waals surface area (Å²) in [6.07, 6.45) is 1.39. The van der Waals surface area contributed by atoms with Crippen LogP contribution in [0.3, 0.4) is 0 Å². The molecule has 0 spiro atoms. The van der Waals surface area contributed by atoms with Gasteiger partial charge in [0, 0.05) is 11.4 Å². The van der Waals surface area contributed by atoms with E-state index in [4.69, 9.17) is 4.74 Å². The molecule has 2 heterocycles. The van der Waals surface area contributed by atoms with Gasteiger partial charge in [-0.3, -0.25) is 0 Å². The summed E-state index contributed by atoms with van der Waals surface area (Å²) in [6, 6.07) is 2.23. The van der Waals surface area contributed by atoms with Crippen molar-refractivity contribution in [2.45, 2.75) is 12.5 Å². The first-order valence-corrected chi connectivity index (χ1v) is 5.48. The van der Waals surface area contributed by atoms with E-state index in [1.165, 1.54) is 10.4 Å². The molecule has 0 aliphatic carbocycles. The molecule has 0 saturated heterocycles. The molecule has 1 aliphatic heterocycles. The summed E-state index contributed by atoms with van der Waals surface area (Å²) >= 11 is 1.82. The van der Waals surface area contributed by atoms with Crippen molar-refractivity contribution in [3.05, 3.63) is 21.9 Å². The van der Waals surface area contributed by atoms with E-state index in [1.807, 2.05) is 11.3 Å². The highest BCUT2D eigenvalue weighted by Crippen LogP contribution is 2.31. The van der Waals surface area contributed by atoms with Crippen LogP contribution >= 0.6 is 11.3 Å². The van der Waals surface area contributed by atoms with Crippen LogP contribution in [0, 0.1) is 0 Å². The van der Waals surface area contributed by atoms with Gasteiger partial charge in [0.1, 0.15) is 6.10 Å². The lowest BCUT2D eigenvalue weighted by molar-refractivity contribution is 0.0283. The van der Waals surface area contributed by atoms with Gasteiger partial charge in [0.15, 0.2) is 0 Å². The molecule has 0 radical (unpaired) electrons. The van der Waals surface area contributed by atoms with E-state index < -0.39 is 0 Å². The monoisotopic (exact) mass is 197 g/mol. The molecule has 3 heteroatoms. The number of hydrogen-bond acceptors (Lipinski definition) is 3. The van der Waals surface area contributed by atoms with E-state index in [0.29, 0.717) is 6.10 Å². The number of rotatable bonds is 2. The Balaban J connectivity index is 2.15. The molecule has 0 amide bonds. The summed E-state index contributed by atoms with van der Waals surface area (Å²) in [5.74, 6) is 0. The predicted octanol–water partition coefficient (Wildman–Crippen LogP) is 1.92. The number of nitrogens with zero attached hydrogens (tertiary/aromatic N) is 1. The fraction of sp³-hybridized carbons (Fsp3) is 0.600. The van der Waals surface area contributed by atoms with Crippen LogP contribution in [-0.2, 0) is 11.2 Å². The van der Waals surface area contributed by atoms with E-state index >= 15 is 0 Å². The number of thiophene rings is 1. The first-order chi connectivity index (χ1) is 6.27. The lowest BCUT2D eigenvalue weighted by Crippen LogP contribution is -2.25. The molecular weight excluding hydrogens is 182 g/mol. The standard InChI is InChI=1S/C10H15NOS/c1-11(2)7-9-10-8(3-5-12-9)4-6-13-10/h4,6,9H,3,5,7H2,1-2H3/t9-/m0/s1. The molecule has 0 N–H and O–H groups in total. The molecule has 13 heavy (non-hydrogen) atoms. The third kappa shape index (κ3) is 1.93. The minimum Gasteiger partial charge on any atom is -0.371 e. The zero-order chi connectivity index (χ0) is 9.26. The second-order valence-electron chi connectivity index (χ2n) is 3.68. The van der Waals surface area contributed by atoms with Gasteiger partial charge in [-0.15, -0.1) is 11.3 Å². The summed E-state index contributed by atoms with van der Waals surface area (Å²) in [5, 5.41) is 2.17. The van der Waals surface area contributed by atoms with Gasteiger partial charge in [-0.1, -0.05) is 0 Å². The van der Waals surface area contributed by atoms with Crippen LogP contribution in [-0.4, -0.2) is 32.1 Å². The average Bonchev–Trinajstić information content (AvgIpc) is 2.51. The maximum atomic E-state index is 5.74. The van der Waals surface area contributed by atoms with Crippen LogP contribution in [0.4, 0.5) is 0 Å². The van der Waals surface area contributed by atoms with Crippen LogP contribution in [0.15, 0.2) is 11.4 Å². The summed E-state index contributed by atoms with van der Waals surface area (Å²) < 4.78 is 5.74. The predicted molar refractivity (Wildman–Crippen MR) is 55.3 cm³/mol. The molecule has 0 unspecified atom stereocenters. The van der Waals surface area contributed by atoms with E-state index in [9.17, 15) is 0 Å². The molecule has 1 aromatic rings. The summed E-state index contributed by atoms with van der Waals surface area (Å²) in [7, 11) is 4.18. The van der Waals surface area contributed by atoms with Crippen molar-refractivity contribution in [3.63, 3.8) is 0 Å². The first-order valence-electron chi connectivity index (χ1n) is 4.60. The second-order valence-corrected chi connectivity index (χ2v) is 4.63. The maximum Gasteiger partial charge on any atom is 0.105 e. The Labute approximate surface area is 83.1 Å². The quantitative estimate of drug-likeness (QED) is 0.718. The van der Waals surface area contributed by atoms with Crippen molar-refractivity contribution in [1.82, 2.24) is 4.90 Å². The van der Waals surface area contributed by atoms with Crippen LogP contribution < -0.4 is 0 Å². The third-order valence-electron chi connectivity index (χ3n) is 2.29. The Kier molecular flexibility index (Phi) is 2.67.